The highest BCUT2D eigenvalue weighted by atomic mass is 19.4. The third-order valence-corrected chi connectivity index (χ3v) is 1.46. The van der Waals surface area contributed by atoms with Crippen molar-refractivity contribution in [3.63, 3.8) is 0 Å². The maximum absolute atomic E-state index is 12.1. The molecule has 0 aliphatic heterocycles. The Bertz CT molecular complexity index is 392. The molecular weight excluding hydrogens is 217 g/mol. The summed E-state index contributed by atoms with van der Waals surface area (Å²) < 4.78 is 36.3. The first-order valence-corrected chi connectivity index (χ1v) is 3.62. The minimum absolute atomic E-state index is 0.470. The molecule has 82 valence electrons. The van der Waals surface area contributed by atoms with Crippen molar-refractivity contribution in [2.24, 2.45) is 0 Å². The summed E-state index contributed by atoms with van der Waals surface area (Å²) in [7, 11) is 1.23. The van der Waals surface area contributed by atoms with E-state index in [0.29, 0.717) is 6.20 Å². The fraction of sp³-hybridized carbons (Fsp3) is 0.333. The van der Waals surface area contributed by atoms with Crippen LogP contribution in [-0.4, -0.2) is 21.9 Å². The Morgan fingerprint density at radius 3 is 2.53 bits per heavy atom. The quantitative estimate of drug-likeness (QED) is 0.604. The number of hydrogen-bond donors (Lipinski definition) is 1. The van der Waals surface area contributed by atoms with Gasteiger partial charge in [-0.2, -0.15) is 13.2 Å². The van der Waals surface area contributed by atoms with Gasteiger partial charge in [-0.15, -0.1) is 0 Å². The number of rotatable bonds is 2. The van der Waals surface area contributed by atoms with Crippen molar-refractivity contribution in [1.82, 2.24) is 9.97 Å². The number of hydrogen-bond acceptors (Lipinski definition) is 5. The van der Waals surface area contributed by atoms with Gasteiger partial charge in [0.15, 0.2) is 0 Å². The normalized spacial score (nSPS) is 11.2. The summed E-state index contributed by atoms with van der Waals surface area (Å²) in [4.78, 5) is 15.3. The van der Waals surface area contributed by atoms with Crippen LogP contribution in [0.25, 0.3) is 0 Å². The van der Waals surface area contributed by atoms with E-state index in [1.165, 1.54) is 7.05 Å². The van der Waals surface area contributed by atoms with E-state index in [0.717, 1.165) is 0 Å². The zero-order chi connectivity index (χ0) is 11.6. The molecule has 9 heteroatoms. The smallest absolute Gasteiger partial charge is 0.367 e. The third kappa shape index (κ3) is 2.30. The lowest BCUT2D eigenvalue weighted by molar-refractivity contribution is -0.384. The van der Waals surface area contributed by atoms with Crippen molar-refractivity contribution >= 4 is 11.5 Å². The van der Waals surface area contributed by atoms with Crippen molar-refractivity contribution in [3.05, 3.63) is 22.1 Å². The van der Waals surface area contributed by atoms with Gasteiger partial charge in [-0.05, 0) is 0 Å². The van der Waals surface area contributed by atoms with E-state index in [-0.39, 0.29) is 0 Å². The fourth-order valence-corrected chi connectivity index (χ4v) is 0.830. The highest BCUT2D eigenvalue weighted by molar-refractivity contribution is 5.53. The van der Waals surface area contributed by atoms with Crippen LogP contribution in [0.5, 0.6) is 0 Å². The second-order valence-corrected chi connectivity index (χ2v) is 2.43. The summed E-state index contributed by atoms with van der Waals surface area (Å²) in [6.45, 7) is 0. The molecular formula is C6H5F3N4O2. The zero-order valence-corrected chi connectivity index (χ0v) is 7.37. The number of anilines is 1. The van der Waals surface area contributed by atoms with Crippen LogP contribution in [0.2, 0.25) is 0 Å². The topological polar surface area (TPSA) is 81.0 Å². The van der Waals surface area contributed by atoms with Crippen LogP contribution < -0.4 is 5.32 Å². The minimum atomic E-state index is -4.72. The SMILES string of the molecule is CNc1nc(C(F)(F)F)ncc1[N+](=O)[O-]. The van der Waals surface area contributed by atoms with Gasteiger partial charge in [0, 0.05) is 7.05 Å². The summed E-state index contributed by atoms with van der Waals surface area (Å²) in [5.41, 5.74) is -0.606. The van der Waals surface area contributed by atoms with Crippen molar-refractivity contribution in [1.29, 1.82) is 0 Å². The van der Waals surface area contributed by atoms with Gasteiger partial charge in [0.05, 0.1) is 4.92 Å². The second-order valence-electron chi connectivity index (χ2n) is 2.43. The Kier molecular flexibility index (Phi) is 2.73. The lowest BCUT2D eigenvalue weighted by Gasteiger charge is -2.06. The van der Waals surface area contributed by atoms with E-state index in [1.54, 1.807) is 0 Å². The fourth-order valence-electron chi connectivity index (χ4n) is 0.830. The zero-order valence-electron chi connectivity index (χ0n) is 7.37. The van der Waals surface area contributed by atoms with Crippen LogP contribution in [0.4, 0.5) is 24.7 Å². The molecule has 1 aromatic rings. The van der Waals surface area contributed by atoms with Crippen LogP contribution >= 0.6 is 0 Å². The first-order valence-electron chi connectivity index (χ1n) is 3.62. The molecule has 0 radical (unpaired) electrons. The van der Waals surface area contributed by atoms with E-state index in [9.17, 15) is 23.3 Å². The van der Waals surface area contributed by atoms with Crippen molar-refractivity contribution in [3.8, 4) is 0 Å². The van der Waals surface area contributed by atoms with Gasteiger partial charge in [0.2, 0.25) is 11.6 Å². The first-order chi connectivity index (χ1) is 6.86. The molecule has 15 heavy (non-hydrogen) atoms. The van der Waals surface area contributed by atoms with Crippen LogP contribution in [0, 0.1) is 10.1 Å². The maximum atomic E-state index is 12.1. The molecule has 0 amide bonds. The summed E-state index contributed by atoms with van der Waals surface area (Å²) >= 11 is 0. The van der Waals surface area contributed by atoms with Gasteiger partial charge in [0.1, 0.15) is 6.20 Å². The van der Waals surface area contributed by atoms with Gasteiger partial charge in [-0.25, -0.2) is 9.97 Å². The number of nitrogens with one attached hydrogen (secondary N) is 1. The summed E-state index contributed by atoms with van der Waals surface area (Å²) in [6, 6.07) is 0. The molecule has 0 aromatic carbocycles. The molecule has 0 unspecified atom stereocenters. The Labute approximate surface area is 81.3 Å². The molecule has 1 heterocycles. The number of halogens is 3. The highest BCUT2D eigenvalue weighted by Crippen LogP contribution is 2.29. The molecule has 1 aromatic heterocycles. The largest absolute Gasteiger partial charge is 0.451 e. The van der Waals surface area contributed by atoms with Crippen LogP contribution in [0.15, 0.2) is 6.20 Å². The molecule has 0 spiro atoms. The lowest BCUT2D eigenvalue weighted by Crippen LogP contribution is -2.13. The summed E-state index contributed by atoms with van der Waals surface area (Å²) in [5.74, 6) is -1.89. The molecule has 0 saturated carbocycles. The highest BCUT2D eigenvalue weighted by Gasteiger charge is 2.36. The van der Waals surface area contributed by atoms with E-state index in [1.807, 2.05) is 0 Å². The van der Waals surface area contributed by atoms with E-state index in [4.69, 9.17) is 0 Å². The molecule has 1 N–H and O–H groups in total. The molecule has 0 bridgehead atoms. The Morgan fingerprint density at radius 1 is 1.53 bits per heavy atom. The van der Waals surface area contributed by atoms with Crippen LogP contribution in [0.1, 0.15) is 5.82 Å². The molecule has 0 fully saturated rings. The van der Waals surface area contributed by atoms with Crippen molar-refractivity contribution in [2.75, 3.05) is 12.4 Å². The minimum Gasteiger partial charge on any atom is -0.367 e. The third-order valence-electron chi connectivity index (χ3n) is 1.46. The number of nitrogens with zero attached hydrogens (tertiary/aromatic N) is 3. The summed E-state index contributed by atoms with van der Waals surface area (Å²) in [6.07, 6.45) is -4.21. The number of alkyl halides is 3. The first kappa shape index (κ1) is 11.1. The van der Waals surface area contributed by atoms with Gasteiger partial charge >= 0.3 is 11.9 Å². The van der Waals surface area contributed by atoms with Crippen molar-refractivity contribution < 1.29 is 18.1 Å². The Balaban J connectivity index is 3.25. The van der Waals surface area contributed by atoms with Gasteiger partial charge in [-0.1, -0.05) is 0 Å². The van der Waals surface area contributed by atoms with Gasteiger partial charge < -0.3 is 5.32 Å². The lowest BCUT2D eigenvalue weighted by atomic mass is 10.4. The standard InChI is InChI=1S/C6H5F3N4O2/c1-10-4-3(13(14)15)2-11-5(12-4)6(7,8)9/h2H,1H3,(H,10,11,12). The Hall–Kier alpha value is -1.93. The van der Waals surface area contributed by atoms with Crippen molar-refractivity contribution in [2.45, 2.75) is 6.18 Å². The molecule has 0 atom stereocenters. The maximum Gasteiger partial charge on any atom is 0.451 e. The van der Waals surface area contributed by atoms with E-state index < -0.39 is 28.4 Å². The Morgan fingerprint density at radius 2 is 2.13 bits per heavy atom. The van der Waals surface area contributed by atoms with E-state index in [2.05, 4.69) is 15.3 Å². The van der Waals surface area contributed by atoms with Crippen LogP contribution in [0.3, 0.4) is 0 Å². The number of nitro groups is 1. The molecule has 6 nitrogen and oxygen atoms in total. The van der Waals surface area contributed by atoms with Gasteiger partial charge in [-0.3, -0.25) is 10.1 Å². The molecule has 0 saturated heterocycles. The average Bonchev–Trinajstić information content (AvgIpc) is 2.15. The molecule has 0 aliphatic carbocycles. The predicted molar refractivity (Wildman–Crippen MR) is 43.2 cm³/mol. The molecule has 1 rings (SSSR count). The summed E-state index contributed by atoms with van der Waals surface area (Å²) in [5, 5.41) is 12.5. The van der Waals surface area contributed by atoms with Crippen LogP contribution in [-0.2, 0) is 6.18 Å². The second kappa shape index (κ2) is 3.67. The molecule has 0 aliphatic rings. The van der Waals surface area contributed by atoms with E-state index >= 15 is 0 Å². The van der Waals surface area contributed by atoms with Gasteiger partial charge in [0.25, 0.3) is 0 Å². The predicted octanol–water partition coefficient (Wildman–Crippen LogP) is 1.45. The number of aromatic nitrogens is 2. The average molecular weight is 222 g/mol. The monoisotopic (exact) mass is 222 g/mol.